The van der Waals surface area contributed by atoms with Crippen molar-refractivity contribution in [3.8, 4) is 5.75 Å². The van der Waals surface area contributed by atoms with Gasteiger partial charge in [-0.25, -0.2) is 0 Å². The highest BCUT2D eigenvalue weighted by Crippen LogP contribution is 2.37. The first-order valence-electron chi connectivity index (χ1n) is 9.85. The minimum absolute atomic E-state index is 0.00704. The average molecular weight is 384 g/mol. The molecule has 1 aromatic heterocycles. The zero-order valence-corrected chi connectivity index (χ0v) is 16.5. The van der Waals surface area contributed by atoms with Crippen molar-refractivity contribution >= 4 is 11.6 Å². The fourth-order valence-electron chi connectivity index (χ4n) is 4.48. The molecule has 0 radical (unpaired) electrons. The summed E-state index contributed by atoms with van der Waals surface area (Å²) in [5.41, 5.74) is 1.62. The van der Waals surface area contributed by atoms with E-state index in [1.54, 1.807) is 24.3 Å². The van der Waals surface area contributed by atoms with Crippen molar-refractivity contribution in [1.29, 1.82) is 0 Å². The topological polar surface area (TPSA) is 86.5 Å². The summed E-state index contributed by atoms with van der Waals surface area (Å²) in [7, 11) is 4.04. The van der Waals surface area contributed by atoms with Crippen molar-refractivity contribution in [2.24, 2.45) is 11.8 Å². The van der Waals surface area contributed by atoms with Crippen molar-refractivity contribution in [3.05, 3.63) is 36.2 Å². The normalized spacial score (nSPS) is 26.5. The van der Waals surface area contributed by atoms with Gasteiger partial charge < -0.3 is 15.3 Å². The highest BCUT2D eigenvalue weighted by Gasteiger charge is 2.43. The summed E-state index contributed by atoms with van der Waals surface area (Å²) in [5.74, 6) is 0.588. The smallest absolute Gasteiger partial charge is 0.229 e. The van der Waals surface area contributed by atoms with Crippen molar-refractivity contribution in [2.75, 3.05) is 32.5 Å². The molecule has 8 heteroatoms. The Labute approximate surface area is 165 Å². The van der Waals surface area contributed by atoms with Crippen LogP contribution in [0.25, 0.3) is 0 Å². The summed E-state index contributed by atoms with van der Waals surface area (Å²) in [5, 5.41) is 21.1. The maximum atomic E-state index is 12.8. The zero-order chi connectivity index (χ0) is 19.7. The van der Waals surface area contributed by atoms with Crippen LogP contribution in [0.3, 0.4) is 0 Å². The molecule has 5 rings (SSSR count). The van der Waals surface area contributed by atoms with E-state index in [0.29, 0.717) is 17.6 Å². The lowest BCUT2D eigenvalue weighted by Gasteiger charge is -2.49. The predicted octanol–water partition coefficient (Wildman–Crippen LogP) is 1.39. The van der Waals surface area contributed by atoms with E-state index in [1.165, 1.54) is 0 Å². The van der Waals surface area contributed by atoms with Crippen LogP contribution in [0.5, 0.6) is 5.75 Å². The number of anilines is 1. The summed E-state index contributed by atoms with van der Waals surface area (Å²) in [6, 6.07) is 7.12. The number of aromatic nitrogens is 3. The molecule has 8 nitrogen and oxygen atoms in total. The van der Waals surface area contributed by atoms with Gasteiger partial charge in [-0.2, -0.15) is 0 Å². The molecule has 3 aliphatic heterocycles. The minimum atomic E-state index is -0.00704. The number of amides is 1. The summed E-state index contributed by atoms with van der Waals surface area (Å²) >= 11 is 0. The third kappa shape index (κ3) is 4.18. The van der Waals surface area contributed by atoms with E-state index < -0.39 is 0 Å². The van der Waals surface area contributed by atoms with Crippen LogP contribution in [0.4, 0.5) is 5.69 Å². The number of nitrogens with one attached hydrogen (secondary N) is 1. The zero-order valence-electron chi connectivity index (χ0n) is 16.5. The van der Waals surface area contributed by atoms with Crippen molar-refractivity contribution in [2.45, 2.75) is 32.0 Å². The van der Waals surface area contributed by atoms with Gasteiger partial charge in [-0.05, 0) is 51.5 Å². The average Bonchev–Trinajstić information content (AvgIpc) is 3.08. The van der Waals surface area contributed by atoms with Crippen molar-refractivity contribution < 1.29 is 9.90 Å². The van der Waals surface area contributed by atoms with Crippen LogP contribution in [0.2, 0.25) is 0 Å². The molecule has 0 spiro atoms. The van der Waals surface area contributed by atoms with Crippen LogP contribution < -0.4 is 5.32 Å². The van der Waals surface area contributed by atoms with Gasteiger partial charge in [0.05, 0.1) is 18.2 Å². The number of hydrogen-bond donors (Lipinski definition) is 2. The summed E-state index contributed by atoms with van der Waals surface area (Å²) < 4.78 is 1.94. The molecule has 0 saturated carbocycles. The Hall–Kier alpha value is -2.45. The molecule has 3 fully saturated rings. The van der Waals surface area contributed by atoms with Crippen molar-refractivity contribution in [1.82, 2.24) is 24.8 Å². The van der Waals surface area contributed by atoms with Gasteiger partial charge in [-0.15, -0.1) is 5.10 Å². The van der Waals surface area contributed by atoms with Crippen LogP contribution >= 0.6 is 0 Å². The molecular weight excluding hydrogens is 356 g/mol. The van der Waals surface area contributed by atoms with Crippen LogP contribution in [-0.4, -0.2) is 69.0 Å². The molecule has 4 unspecified atom stereocenters. The van der Waals surface area contributed by atoms with Gasteiger partial charge in [0.15, 0.2) is 0 Å². The summed E-state index contributed by atoms with van der Waals surface area (Å²) in [6.45, 7) is 3.41. The van der Waals surface area contributed by atoms with Gasteiger partial charge >= 0.3 is 0 Å². The first kappa shape index (κ1) is 18.9. The number of rotatable bonds is 6. The minimum Gasteiger partial charge on any atom is -0.508 e. The first-order valence-corrected chi connectivity index (χ1v) is 9.85. The molecule has 3 saturated heterocycles. The van der Waals surface area contributed by atoms with E-state index in [-0.39, 0.29) is 17.6 Å². The Bertz CT molecular complexity index is 836. The summed E-state index contributed by atoms with van der Waals surface area (Å²) in [4.78, 5) is 17.3. The number of phenols is 1. The van der Waals surface area contributed by atoms with E-state index in [4.69, 9.17) is 0 Å². The molecule has 28 heavy (non-hydrogen) atoms. The van der Waals surface area contributed by atoms with Gasteiger partial charge in [0.1, 0.15) is 5.75 Å². The number of phenolic OH excluding ortho intramolecular Hbond substituents is 1. The van der Waals surface area contributed by atoms with Crippen LogP contribution in [0, 0.1) is 11.8 Å². The molecular formula is C20H28N6O2. The Balaban J connectivity index is 1.36. The molecule has 4 heterocycles. The Kier molecular flexibility index (Phi) is 5.32. The summed E-state index contributed by atoms with van der Waals surface area (Å²) in [6.07, 6.45) is 4.08. The first-order chi connectivity index (χ1) is 13.5. The fourth-order valence-corrected chi connectivity index (χ4v) is 4.48. The number of carbonyl (C=O) groups excluding carboxylic acids is 1. The Morgan fingerprint density at radius 3 is 2.96 bits per heavy atom. The SMILES string of the molecule is CN(C)Cc1cn(CC2CC3CCN2CC3C(=O)Nc2cccc(O)c2)nn1. The monoisotopic (exact) mass is 384 g/mol. The fraction of sp³-hybridized carbons (Fsp3) is 0.550. The van der Waals surface area contributed by atoms with Gasteiger partial charge in [-0.1, -0.05) is 11.3 Å². The molecule has 4 atom stereocenters. The van der Waals surface area contributed by atoms with Gasteiger partial charge in [0.25, 0.3) is 0 Å². The highest BCUT2D eigenvalue weighted by molar-refractivity contribution is 5.93. The van der Waals surface area contributed by atoms with Crippen LogP contribution in [-0.2, 0) is 17.9 Å². The second-order valence-corrected chi connectivity index (χ2v) is 8.25. The predicted molar refractivity (Wildman–Crippen MR) is 106 cm³/mol. The lowest BCUT2D eigenvalue weighted by Crippen LogP contribution is -2.57. The second kappa shape index (κ2) is 7.89. The highest BCUT2D eigenvalue weighted by atomic mass is 16.3. The van der Waals surface area contributed by atoms with Crippen molar-refractivity contribution in [3.63, 3.8) is 0 Å². The molecule has 2 aromatic rings. The number of hydrogen-bond acceptors (Lipinski definition) is 6. The Morgan fingerprint density at radius 2 is 2.25 bits per heavy atom. The Morgan fingerprint density at radius 1 is 1.39 bits per heavy atom. The number of benzene rings is 1. The molecule has 0 aliphatic carbocycles. The number of fused-ring (bicyclic) bond motifs is 3. The molecule has 2 bridgehead atoms. The van der Waals surface area contributed by atoms with E-state index in [0.717, 1.165) is 44.7 Å². The van der Waals surface area contributed by atoms with E-state index in [9.17, 15) is 9.90 Å². The molecule has 1 aromatic carbocycles. The lowest BCUT2D eigenvalue weighted by molar-refractivity contribution is -0.127. The quantitative estimate of drug-likeness (QED) is 0.783. The number of carbonyl (C=O) groups is 1. The van der Waals surface area contributed by atoms with E-state index >= 15 is 0 Å². The number of piperidine rings is 3. The van der Waals surface area contributed by atoms with E-state index in [1.807, 2.05) is 25.0 Å². The third-order valence-electron chi connectivity index (χ3n) is 5.79. The maximum absolute atomic E-state index is 12.8. The largest absolute Gasteiger partial charge is 0.508 e. The molecule has 3 aliphatic rings. The lowest BCUT2D eigenvalue weighted by atomic mass is 9.75. The number of nitrogens with zero attached hydrogens (tertiary/aromatic N) is 5. The number of aromatic hydroxyl groups is 1. The van der Waals surface area contributed by atoms with Gasteiger partial charge in [0, 0.05) is 37.1 Å². The van der Waals surface area contributed by atoms with Crippen LogP contribution in [0.1, 0.15) is 18.5 Å². The van der Waals surface area contributed by atoms with Gasteiger partial charge in [0.2, 0.25) is 5.91 Å². The van der Waals surface area contributed by atoms with Gasteiger partial charge in [-0.3, -0.25) is 14.4 Å². The second-order valence-electron chi connectivity index (χ2n) is 8.25. The van der Waals surface area contributed by atoms with Crippen LogP contribution in [0.15, 0.2) is 30.5 Å². The van der Waals surface area contributed by atoms with E-state index in [2.05, 4.69) is 25.4 Å². The maximum Gasteiger partial charge on any atom is 0.229 e. The molecule has 2 N–H and O–H groups in total. The molecule has 1 amide bonds. The third-order valence-corrected chi connectivity index (χ3v) is 5.79. The molecule has 150 valence electrons. The standard InChI is InChI=1S/C20H28N6O2/c1-24(2)10-16-11-26(23-22-16)12-17-8-14-6-7-25(17)13-19(14)20(28)21-15-4-3-5-18(27)9-15/h3-5,9,11,14,17,19,27H,6-8,10,12-13H2,1-2H3,(H,21,28).